The van der Waals surface area contributed by atoms with Crippen molar-refractivity contribution in [2.75, 3.05) is 26.2 Å². The molecule has 0 aliphatic heterocycles. The van der Waals surface area contributed by atoms with Crippen LogP contribution in [-0.4, -0.2) is 46.4 Å². The molecule has 1 amide bonds. The van der Waals surface area contributed by atoms with Gasteiger partial charge in [0, 0.05) is 12.7 Å². The number of rotatable bonds is 8. The van der Waals surface area contributed by atoms with E-state index in [9.17, 15) is 4.79 Å². The fraction of sp³-hybridized carbons (Fsp3) is 0.556. The molecular weight excluding hydrogens is 288 g/mol. The van der Waals surface area contributed by atoms with Crippen LogP contribution < -0.4 is 5.32 Å². The van der Waals surface area contributed by atoms with Gasteiger partial charge < -0.3 is 10.2 Å². The summed E-state index contributed by atoms with van der Waals surface area (Å²) in [6, 6.07) is 3.96. The van der Waals surface area contributed by atoms with E-state index in [1.807, 2.05) is 36.6 Å². The molecule has 0 saturated heterocycles. The molecule has 0 radical (unpaired) electrons. The van der Waals surface area contributed by atoms with E-state index in [4.69, 9.17) is 0 Å². The Bertz CT molecular complexity index is 658. The molecule has 2 aromatic rings. The van der Waals surface area contributed by atoms with Crippen LogP contribution in [0.1, 0.15) is 48.4 Å². The lowest BCUT2D eigenvalue weighted by Gasteiger charge is -2.17. The van der Waals surface area contributed by atoms with E-state index in [1.54, 1.807) is 0 Å². The number of nitrogens with one attached hydrogen (secondary N) is 1. The predicted molar refractivity (Wildman–Crippen MR) is 94.0 cm³/mol. The van der Waals surface area contributed by atoms with Crippen LogP contribution in [0.25, 0.3) is 5.65 Å². The first kappa shape index (κ1) is 17.5. The highest BCUT2D eigenvalue weighted by atomic mass is 16.1. The SMILES string of the molecule is CCN(CC)CCCCNC(=O)c1c(C)nc2c(C)cccn12. The minimum atomic E-state index is -0.0385. The summed E-state index contributed by atoms with van der Waals surface area (Å²) in [5.74, 6) is -0.0385. The maximum absolute atomic E-state index is 12.5. The van der Waals surface area contributed by atoms with Crippen LogP contribution in [0.5, 0.6) is 0 Å². The van der Waals surface area contributed by atoms with Gasteiger partial charge in [-0.25, -0.2) is 4.98 Å². The molecule has 5 nitrogen and oxygen atoms in total. The summed E-state index contributed by atoms with van der Waals surface area (Å²) in [5.41, 5.74) is 3.36. The van der Waals surface area contributed by atoms with Crippen LogP contribution >= 0.6 is 0 Å². The van der Waals surface area contributed by atoms with Crippen molar-refractivity contribution in [2.24, 2.45) is 0 Å². The molecule has 2 heterocycles. The molecule has 0 bridgehead atoms. The molecular formula is C18H28N4O. The average Bonchev–Trinajstić information content (AvgIpc) is 2.88. The minimum absolute atomic E-state index is 0.0385. The Morgan fingerprint density at radius 1 is 1.26 bits per heavy atom. The number of imidazole rings is 1. The third kappa shape index (κ3) is 4.10. The smallest absolute Gasteiger partial charge is 0.270 e. The second kappa shape index (κ2) is 8.11. The van der Waals surface area contributed by atoms with Gasteiger partial charge in [0.1, 0.15) is 11.3 Å². The van der Waals surface area contributed by atoms with Crippen LogP contribution in [0.15, 0.2) is 18.3 Å². The molecule has 0 atom stereocenters. The highest BCUT2D eigenvalue weighted by molar-refractivity contribution is 5.94. The first-order valence-electron chi connectivity index (χ1n) is 8.53. The van der Waals surface area contributed by atoms with E-state index in [-0.39, 0.29) is 5.91 Å². The number of hydrogen-bond donors (Lipinski definition) is 1. The third-order valence-corrected chi connectivity index (χ3v) is 4.32. The number of fused-ring (bicyclic) bond motifs is 1. The van der Waals surface area contributed by atoms with Crippen LogP contribution in [0.4, 0.5) is 0 Å². The lowest BCUT2D eigenvalue weighted by molar-refractivity contribution is 0.0946. The number of nitrogens with zero attached hydrogens (tertiary/aromatic N) is 3. The standard InChI is InChI=1S/C18H28N4O/c1-5-21(6-2)12-8-7-11-19-18(23)16-15(4)20-17-14(3)10-9-13-22(16)17/h9-10,13H,5-8,11-12H2,1-4H3,(H,19,23). The lowest BCUT2D eigenvalue weighted by Crippen LogP contribution is -2.28. The molecule has 0 aliphatic carbocycles. The predicted octanol–water partition coefficient (Wildman–Crippen LogP) is 2.80. The molecule has 2 rings (SSSR count). The third-order valence-electron chi connectivity index (χ3n) is 4.32. The topological polar surface area (TPSA) is 49.6 Å². The van der Waals surface area contributed by atoms with Gasteiger partial charge in [-0.15, -0.1) is 0 Å². The van der Waals surface area contributed by atoms with Crippen molar-refractivity contribution in [1.29, 1.82) is 0 Å². The number of unbranched alkanes of at least 4 members (excludes halogenated alkanes) is 1. The molecule has 0 aliphatic rings. The molecule has 126 valence electrons. The van der Waals surface area contributed by atoms with Gasteiger partial charge in [0.05, 0.1) is 5.69 Å². The number of aromatic nitrogens is 2. The molecule has 2 aromatic heterocycles. The van der Waals surface area contributed by atoms with Gasteiger partial charge in [0.15, 0.2) is 0 Å². The Hall–Kier alpha value is -1.88. The minimum Gasteiger partial charge on any atom is -0.351 e. The van der Waals surface area contributed by atoms with Crippen LogP contribution in [0.3, 0.4) is 0 Å². The normalized spacial score (nSPS) is 11.3. The highest BCUT2D eigenvalue weighted by Crippen LogP contribution is 2.15. The summed E-state index contributed by atoms with van der Waals surface area (Å²) in [6.45, 7) is 12.2. The van der Waals surface area contributed by atoms with Crippen molar-refractivity contribution >= 4 is 11.6 Å². The zero-order valence-electron chi connectivity index (χ0n) is 14.7. The van der Waals surface area contributed by atoms with Crippen molar-refractivity contribution in [1.82, 2.24) is 19.6 Å². The lowest BCUT2D eigenvalue weighted by atomic mass is 10.2. The van der Waals surface area contributed by atoms with Crippen LogP contribution in [-0.2, 0) is 0 Å². The second-order valence-electron chi connectivity index (χ2n) is 5.92. The monoisotopic (exact) mass is 316 g/mol. The Balaban J connectivity index is 1.92. The number of aryl methyl sites for hydroxylation is 2. The van der Waals surface area contributed by atoms with Gasteiger partial charge in [0.2, 0.25) is 0 Å². The summed E-state index contributed by atoms with van der Waals surface area (Å²) in [7, 11) is 0. The van der Waals surface area contributed by atoms with Crippen LogP contribution in [0.2, 0.25) is 0 Å². The highest BCUT2D eigenvalue weighted by Gasteiger charge is 2.16. The molecule has 0 saturated carbocycles. The van der Waals surface area contributed by atoms with Crippen molar-refractivity contribution in [2.45, 2.75) is 40.5 Å². The summed E-state index contributed by atoms with van der Waals surface area (Å²) in [5, 5.41) is 3.03. The first-order valence-corrected chi connectivity index (χ1v) is 8.53. The average molecular weight is 316 g/mol. The van der Waals surface area contributed by atoms with E-state index in [1.165, 1.54) is 0 Å². The summed E-state index contributed by atoms with van der Waals surface area (Å²) >= 11 is 0. The largest absolute Gasteiger partial charge is 0.351 e. The van der Waals surface area contributed by atoms with E-state index in [2.05, 4.69) is 29.0 Å². The molecule has 1 N–H and O–H groups in total. The van der Waals surface area contributed by atoms with E-state index in [0.717, 1.165) is 49.4 Å². The first-order chi connectivity index (χ1) is 11.1. The molecule has 23 heavy (non-hydrogen) atoms. The number of pyridine rings is 1. The zero-order valence-corrected chi connectivity index (χ0v) is 14.7. The van der Waals surface area contributed by atoms with Crippen molar-refractivity contribution in [3.63, 3.8) is 0 Å². The molecule has 5 heteroatoms. The maximum Gasteiger partial charge on any atom is 0.270 e. The Morgan fingerprint density at radius 3 is 2.70 bits per heavy atom. The Kier molecular flexibility index (Phi) is 6.16. The van der Waals surface area contributed by atoms with Gasteiger partial charge >= 0.3 is 0 Å². The van der Waals surface area contributed by atoms with E-state index in [0.29, 0.717) is 12.2 Å². The number of carbonyl (C=O) groups is 1. The van der Waals surface area contributed by atoms with Gasteiger partial charge in [-0.3, -0.25) is 9.20 Å². The summed E-state index contributed by atoms with van der Waals surface area (Å²) in [4.78, 5) is 19.4. The molecule has 0 unspecified atom stereocenters. The number of amides is 1. The van der Waals surface area contributed by atoms with Crippen LogP contribution in [0, 0.1) is 13.8 Å². The van der Waals surface area contributed by atoms with E-state index >= 15 is 0 Å². The maximum atomic E-state index is 12.5. The number of hydrogen-bond acceptors (Lipinski definition) is 3. The van der Waals surface area contributed by atoms with E-state index < -0.39 is 0 Å². The van der Waals surface area contributed by atoms with Crippen molar-refractivity contribution in [3.8, 4) is 0 Å². The summed E-state index contributed by atoms with van der Waals surface area (Å²) in [6.07, 6.45) is 4.00. The summed E-state index contributed by atoms with van der Waals surface area (Å²) < 4.78 is 1.88. The number of carbonyl (C=O) groups excluding carboxylic acids is 1. The van der Waals surface area contributed by atoms with Gasteiger partial charge in [-0.05, 0) is 58.0 Å². The fourth-order valence-electron chi connectivity index (χ4n) is 2.88. The molecule has 0 spiro atoms. The fourth-order valence-corrected chi connectivity index (χ4v) is 2.88. The van der Waals surface area contributed by atoms with Gasteiger partial charge in [0.25, 0.3) is 5.91 Å². The molecule has 0 fully saturated rings. The quantitative estimate of drug-likeness (QED) is 0.762. The van der Waals surface area contributed by atoms with Crippen molar-refractivity contribution in [3.05, 3.63) is 35.3 Å². The van der Waals surface area contributed by atoms with Gasteiger partial charge in [-0.1, -0.05) is 19.9 Å². The zero-order chi connectivity index (χ0) is 16.8. The Morgan fingerprint density at radius 2 is 2.00 bits per heavy atom. The Labute approximate surface area is 138 Å². The van der Waals surface area contributed by atoms with Gasteiger partial charge in [-0.2, -0.15) is 0 Å². The second-order valence-corrected chi connectivity index (χ2v) is 5.92. The molecule has 0 aromatic carbocycles. The van der Waals surface area contributed by atoms with Crippen molar-refractivity contribution < 1.29 is 4.79 Å².